The quantitative estimate of drug-likeness (QED) is 0.421. The summed E-state index contributed by atoms with van der Waals surface area (Å²) < 4.78 is 51.7. The summed E-state index contributed by atoms with van der Waals surface area (Å²) >= 11 is 8.22. The fraction of sp³-hybridized carbons (Fsp3) is 1.00. The Balaban J connectivity index is 0. The zero-order chi connectivity index (χ0) is 13.8. The predicted molar refractivity (Wildman–Crippen MR) is 69.9 cm³/mol. The van der Waals surface area contributed by atoms with Crippen LogP contribution in [-0.4, -0.2) is 30.7 Å². The molecule has 0 radical (unpaired) electrons. The normalized spacial score (nSPS) is 28.3. The van der Waals surface area contributed by atoms with Crippen molar-refractivity contribution in [1.82, 2.24) is 0 Å². The van der Waals surface area contributed by atoms with E-state index in [1.54, 1.807) is 0 Å². The van der Waals surface area contributed by atoms with Crippen molar-refractivity contribution in [3.05, 3.63) is 0 Å². The molecule has 0 aliphatic heterocycles. The van der Waals surface area contributed by atoms with Crippen LogP contribution in [0.3, 0.4) is 0 Å². The molecule has 20 heavy (non-hydrogen) atoms. The van der Waals surface area contributed by atoms with Crippen LogP contribution >= 0.6 is 0 Å². The van der Waals surface area contributed by atoms with E-state index in [2.05, 4.69) is 30.7 Å². The van der Waals surface area contributed by atoms with Crippen LogP contribution in [0.25, 0.3) is 0 Å². The van der Waals surface area contributed by atoms with Gasteiger partial charge < -0.3 is 9.11 Å². The predicted octanol–water partition coefficient (Wildman–Crippen LogP) is -5.58. The van der Waals surface area contributed by atoms with Gasteiger partial charge in [0.25, 0.3) is 0 Å². The molecule has 1 aliphatic carbocycles. The zero-order valence-corrected chi connectivity index (χ0v) is 18.7. The zero-order valence-electron chi connectivity index (χ0n) is 11.5. The largest absolute Gasteiger partial charge is 1.00 e. The standard InChI is InChI=1S/C8H16O6S4.2Na/c9-17(10,15)13-5-7-1-2-8(4-3-7)6-14-18(11,12)16;;/h7-8H,1-6H2,(H,9,10,15)(H,11,12,16);;/q;2*+1/p-2. The van der Waals surface area contributed by atoms with Crippen molar-refractivity contribution in [2.75, 3.05) is 13.2 Å². The summed E-state index contributed by atoms with van der Waals surface area (Å²) in [7, 11) is -7.60. The first kappa shape index (κ1) is 24.8. The second-order valence-electron chi connectivity index (χ2n) is 4.27. The molecular weight excluding hydrogens is 366 g/mol. The Morgan fingerprint density at radius 2 is 1.10 bits per heavy atom. The molecule has 0 aromatic carbocycles. The van der Waals surface area contributed by atoms with Gasteiger partial charge in [-0.2, -0.15) is 0 Å². The first-order valence-electron chi connectivity index (χ1n) is 5.36. The van der Waals surface area contributed by atoms with Crippen LogP contribution in [0.15, 0.2) is 0 Å². The molecule has 108 valence electrons. The van der Waals surface area contributed by atoms with Crippen molar-refractivity contribution in [2.24, 2.45) is 11.8 Å². The van der Waals surface area contributed by atoms with E-state index < -0.39 is 18.1 Å². The second-order valence-corrected chi connectivity index (χ2v) is 8.83. The molecule has 0 spiro atoms. The van der Waals surface area contributed by atoms with Gasteiger partial charge in [0.1, 0.15) is 0 Å². The second kappa shape index (κ2) is 11.2. The average molecular weight is 380 g/mol. The smallest absolute Gasteiger partial charge is 0.748 e. The molecule has 1 fully saturated rings. The Labute approximate surface area is 174 Å². The van der Waals surface area contributed by atoms with Gasteiger partial charge in [0, 0.05) is 0 Å². The van der Waals surface area contributed by atoms with Gasteiger partial charge in [-0.05, 0) is 59.9 Å². The van der Waals surface area contributed by atoms with Gasteiger partial charge in [-0.3, -0.25) is 8.37 Å². The van der Waals surface area contributed by atoms with Gasteiger partial charge in [0.2, 0.25) is 0 Å². The van der Waals surface area contributed by atoms with Crippen LogP contribution in [-0.2, 0) is 48.8 Å². The first-order valence-corrected chi connectivity index (χ1v) is 10.0. The maximum atomic E-state index is 10.6. The van der Waals surface area contributed by atoms with Crippen LogP contribution in [0.2, 0.25) is 0 Å². The molecule has 2 atom stereocenters. The van der Waals surface area contributed by atoms with Crippen molar-refractivity contribution >= 4 is 40.5 Å². The van der Waals surface area contributed by atoms with E-state index in [9.17, 15) is 17.5 Å². The molecule has 0 saturated heterocycles. The Kier molecular flexibility index (Phi) is 13.9. The summed E-state index contributed by atoms with van der Waals surface area (Å²) in [5.41, 5.74) is 0. The summed E-state index contributed by atoms with van der Waals surface area (Å²) in [4.78, 5) is 0. The summed E-state index contributed by atoms with van der Waals surface area (Å²) in [6, 6.07) is 0. The van der Waals surface area contributed by atoms with E-state index in [-0.39, 0.29) is 84.2 Å². The van der Waals surface area contributed by atoms with E-state index in [0.29, 0.717) is 0 Å². The molecule has 0 N–H and O–H groups in total. The molecule has 0 aromatic rings. The van der Waals surface area contributed by atoms with Crippen molar-refractivity contribution in [1.29, 1.82) is 0 Å². The van der Waals surface area contributed by atoms with E-state index in [1.807, 2.05) is 0 Å². The summed E-state index contributed by atoms with van der Waals surface area (Å²) in [6.45, 7) is 0.192. The summed E-state index contributed by atoms with van der Waals surface area (Å²) in [6.07, 6.45) is 3.04. The van der Waals surface area contributed by atoms with E-state index >= 15 is 0 Å². The third-order valence-corrected chi connectivity index (χ3v) is 4.29. The van der Waals surface area contributed by atoms with Crippen LogP contribution < -0.4 is 59.1 Å². The van der Waals surface area contributed by atoms with Gasteiger partial charge in [0.05, 0.1) is 31.3 Å². The monoisotopic (exact) mass is 380 g/mol. The van der Waals surface area contributed by atoms with Crippen molar-refractivity contribution in [3.8, 4) is 0 Å². The molecule has 1 saturated carbocycles. The third-order valence-electron chi connectivity index (χ3n) is 2.86. The molecule has 6 nitrogen and oxygen atoms in total. The van der Waals surface area contributed by atoms with Gasteiger partial charge in [-0.25, -0.2) is 8.42 Å². The molecule has 0 aromatic heterocycles. The van der Waals surface area contributed by atoms with E-state index in [1.165, 1.54) is 0 Å². The van der Waals surface area contributed by atoms with Gasteiger partial charge in [-0.1, -0.05) is 0 Å². The fourth-order valence-corrected chi connectivity index (χ4v) is 2.98. The molecule has 2 unspecified atom stereocenters. The Morgan fingerprint density at radius 1 is 0.850 bits per heavy atom. The minimum absolute atomic E-state index is 0. The Morgan fingerprint density at radius 3 is 1.30 bits per heavy atom. The number of rotatable bonds is 6. The van der Waals surface area contributed by atoms with E-state index in [4.69, 9.17) is 0 Å². The molecular formula is C8H14Na2O6S4. The maximum Gasteiger partial charge on any atom is 1.00 e. The van der Waals surface area contributed by atoms with Gasteiger partial charge >= 0.3 is 59.1 Å². The van der Waals surface area contributed by atoms with E-state index in [0.717, 1.165) is 25.7 Å². The summed E-state index contributed by atoms with van der Waals surface area (Å²) in [5, 5.41) is 0. The molecule has 0 heterocycles. The van der Waals surface area contributed by atoms with Gasteiger partial charge in [-0.15, -0.1) is 0 Å². The van der Waals surface area contributed by atoms with Crippen LogP contribution in [0.4, 0.5) is 0 Å². The Bertz CT molecular complexity index is 413. The van der Waals surface area contributed by atoms with Crippen molar-refractivity contribution < 1.29 is 85.0 Å². The SMILES string of the molecule is O=S([O-])(=S)OCC1CCC(COS(=O)([O-])=S)CC1.[Na+].[Na+]. The van der Waals surface area contributed by atoms with Gasteiger partial charge in [0.15, 0.2) is 0 Å². The minimum Gasteiger partial charge on any atom is -0.748 e. The van der Waals surface area contributed by atoms with Crippen LogP contribution in [0, 0.1) is 11.8 Å². The van der Waals surface area contributed by atoms with Crippen LogP contribution in [0.5, 0.6) is 0 Å². The van der Waals surface area contributed by atoms with Crippen LogP contribution in [0.1, 0.15) is 25.7 Å². The molecule has 0 amide bonds. The topological polar surface area (TPSA) is 98.7 Å². The molecule has 0 bridgehead atoms. The Hall–Kier alpha value is 2.58. The third kappa shape index (κ3) is 13.1. The average Bonchev–Trinajstić information content (AvgIpc) is 2.23. The summed E-state index contributed by atoms with van der Waals surface area (Å²) in [5.74, 6) is 0.276. The fourth-order valence-electron chi connectivity index (χ4n) is 1.92. The number of hydrogen-bond donors (Lipinski definition) is 0. The number of hydrogen-bond acceptors (Lipinski definition) is 8. The first-order chi connectivity index (χ1) is 8.16. The molecule has 12 heteroatoms. The molecule has 1 aliphatic rings. The minimum atomic E-state index is -3.80. The van der Waals surface area contributed by atoms with Crippen molar-refractivity contribution in [3.63, 3.8) is 0 Å². The molecule has 1 rings (SSSR count). The maximum absolute atomic E-state index is 10.6. The van der Waals surface area contributed by atoms with Crippen molar-refractivity contribution in [2.45, 2.75) is 25.7 Å².